The van der Waals surface area contributed by atoms with Gasteiger partial charge in [-0.3, -0.25) is 9.69 Å². The van der Waals surface area contributed by atoms with E-state index in [0.717, 1.165) is 19.6 Å². The van der Waals surface area contributed by atoms with Gasteiger partial charge in [0.2, 0.25) is 0 Å². The fourth-order valence-corrected chi connectivity index (χ4v) is 3.76. The monoisotopic (exact) mass is 424 g/mol. The molecule has 0 saturated carbocycles. The highest BCUT2D eigenvalue weighted by Crippen LogP contribution is 2.24. The number of ether oxygens (including phenoxy) is 1. The van der Waals surface area contributed by atoms with Crippen molar-refractivity contribution in [1.82, 2.24) is 9.80 Å². The first-order chi connectivity index (χ1) is 14.6. The van der Waals surface area contributed by atoms with Crippen LogP contribution < -0.4 is 4.74 Å². The lowest BCUT2D eigenvalue weighted by molar-refractivity contribution is 0.0594. The summed E-state index contributed by atoms with van der Waals surface area (Å²) in [6.45, 7) is 6.36. The van der Waals surface area contributed by atoms with E-state index in [2.05, 4.69) is 36.1 Å². The number of nitrogens with zero attached hydrogens (tertiary/aromatic N) is 2. The molecule has 1 amide bonds. The molecule has 1 aliphatic heterocycles. The van der Waals surface area contributed by atoms with E-state index in [1.807, 2.05) is 17.0 Å². The molecule has 0 unspecified atom stereocenters. The average Bonchev–Trinajstić information content (AvgIpc) is 3.24. The van der Waals surface area contributed by atoms with E-state index in [1.54, 1.807) is 24.3 Å². The van der Waals surface area contributed by atoms with Gasteiger partial charge >= 0.3 is 0 Å². The number of carbonyl (C=O) groups is 1. The molecule has 1 saturated heterocycles. The van der Waals surface area contributed by atoms with Gasteiger partial charge in [0.1, 0.15) is 18.1 Å². The number of benzene rings is 2. The number of amides is 1. The Balaban J connectivity index is 1.29. The maximum atomic E-state index is 12.8. The highest BCUT2D eigenvalue weighted by Gasteiger charge is 2.24. The van der Waals surface area contributed by atoms with Crippen LogP contribution in [0, 0.1) is 6.92 Å². The van der Waals surface area contributed by atoms with Crippen molar-refractivity contribution in [3.8, 4) is 5.75 Å². The van der Waals surface area contributed by atoms with Gasteiger partial charge in [-0.1, -0.05) is 48.0 Å². The first kappa shape index (κ1) is 20.5. The second-order valence-corrected chi connectivity index (χ2v) is 7.89. The van der Waals surface area contributed by atoms with Crippen LogP contribution in [0.1, 0.15) is 27.4 Å². The molecule has 6 heteroatoms. The molecule has 0 spiro atoms. The Morgan fingerprint density at radius 1 is 1.00 bits per heavy atom. The van der Waals surface area contributed by atoms with Crippen LogP contribution in [0.2, 0.25) is 5.02 Å². The van der Waals surface area contributed by atoms with Crippen LogP contribution in [0.4, 0.5) is 0 Å². The molecule has 0 aliphatic carbocycles. The summed E-state index contributed by atoms with van der Waals surface area (Å²) < 4.78 is 11.4. The number of aryl methyl sites for hydroxylation is 1. The zero-order chi connectivity index (χ0) is 20.9. The van der Waals surface area contributed by atoms with Crippen LogP contribution in [0.15, 0.2) is 65.1 Å². The van der Waals surface area contributed by atoms with Gasteiger partial charge < -0.3 is 14.1 Å². The SMILES string of the molecule is Cc1ccccc1CN1CCN(C(=O)c2ccc(COc3ccccc3Cl)o2)CC1. The van der Waals surface area contributed by atoms with Gasteiger partial charge in [0.05, 0.1) is 5.02 Å². The molecular formula is C24H25ClN2O3. The van der Waals surface area contributed by atoms with Gasteiger partial charge in [0.15, 0.2) is 5.76 Å². The normalized spacial score (nSPS) is 14.7. The molecule has 2 aromatic carbocycles. The van der Waals surface area contributed by atoms with E-state index in [-0.39, 0.29) is 12.5 Å². The van der Waals surface area contributed by atoms with Crippen molar-refractivity contribution in [1.29, 1.82) is 0 Å². The second kappa shape index (κ2) is 9.37. The van der Waals surface area contributed by atoms with E-state index in [4.69, 9.17) is 20.8 Å². The number of furan rings is 1. The number of rotatable bonds is 6. The van der Waals surface area contributed by atoms with Gasteiger partial charge in [-0.15, -0.1) is 0 Å². The second-order valence-electron chi connectivity index (χ2n) is 7.48. The van der Waals surface area contributed by atoms with Crippen LogP contribution in [-0.4, -0.2) is 41.9 Å². The van der Waals surface area contributed by atoms with Crippen molar-refractivity contribution < 1.29 is 13.9 Å². The number of hydrogen-bond acceptors (Lipinski definition) is 4. The molecule has 5 nitrogen and oxygen atoms in total. The molecule has 0 radical (unpaired) electrons. The van der Waals surface area contributed by atoms with Gasteiger partial charge in [-0.25, -0.2) is 0 Å². The van der Waals surface area contributed by atoms with Crippen LogP contribution in [0.3, 0.4) is 0 Å². The van der Waals surface area contributed by atoms with Crippen LogP contribution in [0.25, 0.3) is 0 Å². The molecule has 1 aromatic heterocycles. The van der Waals surface area contributed by atoms with Crippen LogP contribution >= 0.6 is 11.6 Å². The predicted octanol–water partition coefficient (Wildman–Crippen LogP) is 4.78. The molecule has 1 aliphatic rings. The van der Waals surface area contributed by atoms with Crippen molar-refractivity contribution in [2.45, 2.75) is 20.1 Å². The summed E-state index contributed by atoms with van der Waals surface area (Å²) in [6.07, 6.45) is 0. The van der Waals surface area contributed by atoms with Crippen molar-refractivity contribution in [3.63, 3.8) is 0 Å². The lowest BCUT2D eigenvalue weighted by atomic mass is 10.1. The molecular weight excluding hydrogens is 400 g/mol. The van der Waals surface area contributed by atoms with E-state index in [9.17, 15) is 4.79 Å². The number of para-hydroxylation sites is 1. The minimum absolute atomic E-state index is 0.0745. The summed E-state index contributed by atoms with van der Waals surface area (Å²) in [7, 11) is 0. The average molecular weight is 425 g/mol. The Morgan fingerprint density at radius 3 is 2.50 bits per heavy atom. The molecule has 30 heavy (non-hydrogen) atoms. The van der Waals surface area contributed by atoms with E-state index in [0.29, 0.717) is 35.4 Å². The molecule has 1 fully saturated rings. The third-order valence-electron chi connectivity index (χ3n) is 5.39. The summed E-state index contributed by atoms with van der Waals surface area (Å²) in [4.78, 5) is 17.1. The topological polar surface area (TPSA) is 45.9 Å². The fourth-order valence-electron chi connectivity index (χ4n) is 3.57. The van der Waals surface area contributed by atoms with Gasteiger partial charge in [0, 0.05) is 32.7 Å². The molecule has 156 valence electrons. The van der Waals surface area contributed by atoms with Crippen molar-refractivity contribution >= 4 is 17.5 Å². The van der Waals surface area contributed by atoms with E-state index in [1.165, 1.54) is 11.1 Å². The van der Waals surface area contributed by atoms with Gasteiger partial charge in [-0.05, 0) is 42.3 Å². The van der Waals surface area contributed by atoms with Gasteiger partial charge in [0.25, 0.3) is 5.91 Å². The maximum Gasteiger partial charge on any atom is 0.289 e. The third-order valence-corrected chi connectivity index (χ3v) is 5.71. The molecule has 4 rings (SSSR count). The summed E-state index contributed by atoms with van der Waals surface area (Å²) in [6, 6.07) is 19.2. The molecule has 3 aromatic rings. The first-order valence-corrected chi connectivity index (χ1v) is 10.5. The largest absolute Gasteiger partial charge is 0.484 e. The predicted molar refractivity (Wildman–Crippen MR) is 117 cm³/mol. The quantitative estimate of drug-likeness (QED) is 0.571. The minimum Gasteiger partial charge on any atom is -0.484 e. The minimum atomic E-state index is -0.0745. The number of halogens is 1. The standard InChI is InChI=1S/C24H25ClN2O3/c1-18-6-2-3-7-19(18)16-26-12-14-27(15-13-26)24(28)23-11-10-20(30-23)17-29-22-9-5-4-8-21(22)25/h2-11H,12-17H2,1H3. The maximum absolute atomic E-state index is 12.8. The van der Waals surface area contributed by atoms with Gasteiger partial charge in [-0.2, -0.15) is 0 Å². The Hall–Kier alpha value is -2.76. The highest BCUT2D eigenvalue weighted by atomic mass is 35.5. The van der Waals surface area contributed by atoms with E-state index < -0.39 is 0 Å². The fraction of sp³-hybridized carbons (Fsp3) is 0.292. The lowest BCUT2D eigenvalue weighted by Crippen LogP contribution is -2.48. The van der Waals surface area contributed by atoms with Crippen LogP contribution in [-0.2, 0) is 13.2 Å². The summed E-state index contributed by atoms with van der Waals surface area (Å²) >= 11 is 6.10. The van der Waals surface area contributed by atoms with Crippen molar-refractivity contribution in [3.05, 3.63) is 88.3 Å². The zero-order valence-corrected chi connectivity index (χ0v) is 17.8. The smallest absolute Gasteiger partial charge is 0.289 e. The number of piperazine rings is 1. The Bertz CT molecular complexity index is 1010. The third kappa shape index (κ3) is 4.86. The Labute approximate surface area is 181 Å². The molecule has 2 heterocycles. The number of hydrogen-bond donors (Lipinski definition) is 0. The summed E-state index contributed by atoms with van der Waals surface area (Å²) in [5.41, 5.74) is 2.64. The van der Waals surface area contributed by atoms with Crippen molar-refractivity contribution in [2.24, 2.45) is 0 Å². The summed E-state index contributed by atoms with van der Waals surface area (Å²) in [5.74, 6) is 1.46. The Kier molecular flexibility index (Phi) is 6.41. The van der Waals surface area contributed by atoms with E-state index >= 15 is 0 Å². The zero-order valence-electron chi connectivity index (χ0n) is 17.0. The molecule has 0 bridgehead atoms. The lowest BCUT2D eigenvalue weighted by Gasteiger charge is -2.34. The number of carbonyl (C=O) groups excluding carboxylic acids is 1. The first-order valence-electron chi connectivity index (χ1n) is 10.1. The molecule has 0 N–H and O–H groups in total. The molecule has 0 atom stereocenters. The van der Waals surface area contributed by atoms with Crippen LogP contribution in [0.5, 0.6) is 5.75 Å². The Morgan fingerprint density at radius 2 is 1.73 bits per heavy atom. The summed E-state index contributed by atoms with van der Waals surface area (Å²) in [5, 5.41) is 0.545. The van der Waals surface area contributed by atoms with Crippen molar-refractivity contribution in [2.75, 3.05) is 26.2 Å². The highest BCUT2D eigenvalue weighted by molar-refractivity contribution is 6.32.